The van der Waals surface area contributed by atoms with Crippen molar-refractivity contribution in [3.63, 3.8) is 0 Å². The van der Waals surface area contributed by atoms with Crippen LogP contribution in [0, 0.1) is 17.8 Å². The average Bonchev–Trinajstić information content (AvgIpc) is 3.06. The second-order valence-corrected chi connectivity index (χ2v) is 6.80. The summed E-state index contributed by atoms with van der Waals surface area (Å²) in [7, 11) is 0. The van der Waals surface area contributed by atoms with Crippen molar-refractivity contribution in [1.82, 2.24) is 4.90 Å². The molecule has 0 aromatic rings. The van der Waals surface area contributed by atoms with Gasteiger partial charge in [-0.1, -0.05) is 11.6 Å². The molecule has 5 heteroatoms. The van der Waals surface area contributed by atoms with Crippen molar-refractivity contribution in [1.29, 1.82) is 0 Å². The fourth-order valence-electron chi connectivity index (χ4n) is 4.15. The van der Waals surface area contributed by atoms with Crippen LogP contribution in [0.2, 0.25) is 0 Å². The summed E-state index contributed by atoms with van der Waals surface area (Å²) in [6.07, 6.45) is 8.72. The van der Waals surface area contributed by atoms with Crippen LogP contribution in [0.1, 0.15) is 51.4 Å². The first-order valence-corrected chi connectivity index (χ1v) is 7.93. The lowest BCUT2D eigenvalue weighted by atomic mass is 9.86. The van der Waals surface area contributed by atoms with E-state index in [0.717, 1.165) is 24.7 Å². The molecule has 0 aromatic heterocycles. The largest absolute Gasteiger partial charge is 0.409 e. The van der Waals surface area contributed by atoms with Crippen LogP contribution in [0.25, 0.3) is 0 Å². The van der Waals surface area contributed by atoms with Gasteiger partial charge >= 0.3 is 0 Å². The van der Waals surface area contributed by atoms with Crippen molar-refractivity contribution in [3.05, 3.63) is 0 Å². The zero-order chi connectivity index (χ0) is 14.1. The zero-order valence-corrected chi connectivity index (χ0v) is 12.0. The second-order valence-electron chi connectivity index (χ2n) is 6.80. The Kier molecular flexibility index (Phi) is 3.85. The number of rotatable bonds is 6. The summed E-state index contributed by atoms with van der Waals surface area (Å²) in [6.45, 7) is 0.597. The van der Waals surface area contributed by atoms with Crippen molar-refractivity contribution in [2.75, 3.05) is 6.54 Å². The molecule has 0 spiro atoms. The van der Waals surface area contributed by atoms with E-state index in [0.29, 0.717) is 31.3 Å². The molecule has 1 amide bonds. The van der Waals surface area contributed by atoms with Gasteiger partial charge < -0.3 is 15.8 Å². The number of nitrogens with zero attached hydrogens (tertiary/aromatic N) is 2. The van der Waals surface area contributed by atoms with Crippen molar-refractivity contribution in [2.24, 2.45) is 28.6 Å². The van der Waals surface area contributed by atoms with Crippen molar-refractivity contribution >= 4 is 11.7 Å². The van der Waals surface area contributed by atoms with Gasteiger partial charge in [0, 0.05) is 25.4 Å². The first-order chi connectivity index (χ1) is 9.67. The lowest BCUT2D eigenvalue weighted by Crippen LogP contribution is -2.37. The maximum atomic E-state index is 12.5. The highest BCUT2D eigenvalue weighted by atomic mass is 16.4. The number of nitrogens with two attached hydrogens (primary N) is 1. The lowest BCUT2D eigenvalue weighted by Gasteiger charge is -2.27. The van der Waals surface area contributed by atoms with Crippen molar-refractivity contribution < 1.29 is 10.0 Å². The van der Waals surface area contributed by atoms with Crippen LogP contribution in [0.4, 0.5) is 0 Å². The molecule has 0 aliphatic heterocycles. The molecule has 5 nitrogen and oxygen atoms in total. The molecule has 2 bridgehead atoms. The van der Waals surface area contributed by atoms with Gasteiger partial charge in [0.1, 0.15) is 5.84 Å². The summed E-state index contributed by atoms with van der Waals surface area (Å²) >= 11 is 0. The normalized spacial score (nSPS) is 32.6. The molecular formula is C15H25N3O2. The minimum absolute atomic E-state index is 0.211. The Balaban J connectivity index is 1.53. The highest BCUT2D eigenvalue weighted by molar-refractivity contribution is 5.81. The van der Waals surface area contributed by atoms with Crippen LogP contribution < -0.4 is 5.73 Å². The Hall–Kier alpha value is -1.26. The van der Waals surface area contributed by atoms with Gasteiger partial charge in [-0.15, -0.1) is 0 Å². The van der Waals surface area contributed by atoms with Gasteiger partial charge in [-0.25, -0.2) is 0 Å². The van der Waals surface area contributed by atoms with Crippen LogP contribution in [0.15, 0.2) is 5.16 Å². The summed E-state index contributed by atoms with van der Waals surface area (Å²) in [5, 5.41) is 11.6. The lowest BCUT2D eigenvalue weighted by molar-refractivity contribution is -0.133. The predicted octanol–water partition coefficient (Wildman–Crippen LogP) is 1.94. The Bertz CT molecular complexity index is 406. The smallest absolute Gasteiger partial charge is 0.223 e. The van der Waals surface area contributed by atoms with E-state index in [4.69, 9.17) is 10.9 Å². The fourth-order valence-corrected chi connectivity index (χ4v) is 4.15. The van der Waals surface area contributed by atoms with Crippen LogP contribution in [-0.4, -0.2) is 34.4 Å². The van der Waals surface area contributed by atoms with E-state index in [-0.39, 0.29) is 11.7 Å². The van der Waals surface area contributed by atoms with Gasteiger partial charge in [0.2, 0.25) is 5.91 Å². The predicted molar refractivity (Wildman–Crippen MR) is 76.3 cm³/mol. The third kappa shape index (κ3) is 2.91. The van der Waals surface area contributed by atoms with Crippen molar-refractivity contribution in [3.8, 4) is 0 Å². The van der Waals surface area contributed by atoms with Gasteiger partial charge in [-0.3, -0.25) is 4.79 Å². The van der Waals surface area contributed by atoms with E-state index < -0.39 is 0 Å². The number of amidine groups is 1. The third-order valence-electron chi connectivity index (χ3n) is 5.37. The van der Waals surface area contributed by atoms with Gasteiger partial charge in [0.05, 0.1) is 0 Å². The van der Waals surface area contributed by atoms with Gasteiger partial charge in [0.25, 0.3) is 0 Å². The van der Waals surface area contributed by atoms with E-state index in [1.54, 1.807) is 0 Å². The second kappa shape index (κ2) is 5.62. The number of oxime groups is 1. The summed E-state index contributed by atoms with van der Waals surface area (Å²) < 4.78 is 0. The van der Waals surface area contributed by atoms with Crippen LogP contribution in [0.5, 0.6) is 0 Å². The Labute approximate surface area is 120 Å². The van der Waals surface area contributed by atoms with Crippen molar-refractivity contribution in [2.45, 2.75) is 57.4 Å². The van der Waals surface area contributed by atoms with Gasteiger partial charge in [-0.05, 0) is 49.9 Å². The maximum Gasteiger partial charge on any atom is 0.223 e. The summed E-state index contributed by atoms with van der Waals surface area (Å²) in [5.74, 6) is 2.81. The van der Waals surface area contributed by atoms with E-state index >= 15 is 0 Å². The molecule has 0 aromatic carbocycles. The Morgan fingerprint density at radius 1 is 1.25 bits per heavy atom. The highest BCUT2D eigenvalue weighted by Gasteiger charge is 2.41. The van der Waals surface area contributed by atoms with E-state index in [2.05, 4.69) is 5.16 Å². The molecule has 0 radical (unpaired) electrons. The number of hydrogen-bond donors (Lipinski definition) is 2. The van der Waals surface area contributed by atoms with Gasteiger partial charge in [-0.2, -0.15) is 0 Å². The Morgan fingerprint density at radius 2 is 2.05 bits per heavy atom. The molecule has 0 saturated heterocycles. The standard InChI is InChI=1S/C15H25N3O2/c16-14(17-20)5-6-18(13-3-4-13)15(19)9-12-8-10-1-2-11(12)7-10/h10-13,20H,1-9H2,(H2,16,17). The van der Waals surface area contributed by atoms with Crippen LogP contribution in [0.3, 0.4) is 0 Å². The molecule has 3 unspecified atom stereocenters. The molecule has 3 aliphatic rings. The van der Waals surface area contributed by atoms with E-state index in [1.807, 2.05) is 4.90 Å². The fraction of sp³-hybridized carbons (Fsp3) is 0.867. The zero-order valence-electron chi connectivity index (χ0n) is 12.0. The first kappa shape index (κ1) is 13.7. The molecule has 0 heterocycles. The topological polar surface area (TPSA) is 78.9 Å². The van der Waals surface area contributed by atoms with E-state index in [1.165, 1.54) is 25.7 Å². The SMILES string of the molecule is NC(CCN(C(=O)CC1CC2CCC1C2)C1CC1)=NO. The quantitative estimate of drug-likeness (QED) is 0.337. The Morgan fingerprint density at radius 3 is 2.60 bits per heavy atom. The minimum atomic E-state index is 0.211. The summed E-state index contributed by atoms with van der Waals surface area (Å²) in [6, 6.07) is 0.410. The average molecular weight is 279 g/mol. The van der Waals surface area contributed by atoms with Gasteiger partial charge in [0.15, 0.2) is 0 Å². The number of carbonyl (C=O) groups is 1. The number of fused-ring (bicyclic) bond motifs is 2. The monoisotopic (exact) mass is 279 g/mol. The molecule has 3 rings (SSSR count). The van der Waals surface area contributed by atoms with Crippen LogP contribution >= 0.6 is 0 Å². The molecule has 112 valence electrons. The first-order valence-electron chi connectivity index (χ1n) is 7.93. The highest BCUT2D eigenvalue weighted by Crippen LogP contribution is 2.49. The molecular weight excluding hydrogens is 254 g/mol. The molecule has 3 aliphatic carbocycles. The molecule has 3 N–H and O–H groups in total. The van der Waals surface area contributed by atoms with E-state index in [9.17, 15) is 4.79 Å². The summed E-state index contributed by atoms with van der Waals surface area (Å²) in [4.78, 5) is 14.5. The molecule has 3 fully saturated rings. The molecule has 3 saturated carbocycles. The molecule has 3 atom stereocenters. The maximum absolute atomic E-state index is 12.5. The summed E-state index contributed by atoms with van der Waals surface area (Å²) in [5.41, 5.74) is 5.52. The minimum Gasteiger partial charge on any atom is -0.409 e. The van der Waals surface area contributed by atoms with Crippen LogP contribution in [-0.2, 0) is 4.79 Å². The number of amides is 1. The number of hydrogen-bond acceptors (Lipinski definition) is 3. The molecule has 20 heavy (non-hydrogen) atoms. The number of carbonyl (C=O) groups excluding carboxylic acids is 1. The third-order valence-corrected chi connectivity index (χ3v) is 5.37.